The molecule has 4 N–H and O–H groups in total. The second-order valence-corrected chi connectivity index (χ2v) is 10.3. The van der Waals surface area contributed by atoms with Gasteiger partial charge in [-0.1, -0.05) is 29.4 Å². The number of oxime groups is 1. The zero-order valence-corrected chi connectivity index (χ0v) is 22.7. The Labute approximate surface area is 229 Å². The smallest absolute Gasteiger partial charge is 0.270 e. The van der Waals surface area contributed by atoms with E-state index in [1.54, 1.807) is 13.0 Å². The van der Waals surface area contributed by atoms with Gasteiger partial charge in [0.25, 0.3) is 5.91 Å². The maximum absolute atomic E-state index is 12.7. The van der Waals surface area contributed by atoms with Crippen molar-refractivity contribution in [3.63, 3.8) is 0 Å². The standard InChI is InChI=1S/C28H39N7O4/c1-19(34-39-2)26(37)15-29-22-7-9-23(10-8-22)33-27-13-25(31-18-32-27)28(38)30-14-24(36)17-35-12-11-20-5-3-4-6-21(20)16-35/h3-6,13,18,22-24,29,36H,7-12,14-17H2,1-2H3,(H,30,38)(H,31,32,33)/b34-19-/t22?,23?,24-/m0/s1. The fourth-order valence-electron chi connectivity index (χ4n) is 5.14. The molecule has 2 aromatic rings. The van der Waals surface area contributed by atoms with Crippen LogP contribution in [0.25, 0.3) is 0 Å². The quantitative estimate of drug-likeness (QED) is 0.234. The number of aromatic nitrogens is 2. The predicted molar refractivity (Wildman–Crippen MR) is 149 cm³/mol. The lowest BCUT2D eigenvalue weighted by molar-refractivity contribution is -0.112. The molecule has 0 unspecified atom stereocenters. The lowest BCUT2D eigenvalue weighted by Gasteiger charge is -2.30. The zero-order chi connectivity index (χ0) is 27.6. The van der Waals surface area contributed by atoms with E-state index in [0.29, 0.717) is 18.1 Å². The summed E-state index contributed by atoms with van der Waals surface area (Å²) >= 11 is 0. The van der Waals surface area contributed by atoms with Crippen LogP contribution < -0.4 is 16.0 Å². The number of aliphatic hydroxyl groups is 1. The summed E-state index contributed by atoms with van der Waals surface area (Å²) in [4.78, 5) is 40.0. The van der Waals surface area contributed by atoms with E-state index in [-0.39, 0.29) is 42.6 Å². The van der Waals surface area contributed by atoms with Crippen molar-refractivity contribution in [2.45, 2.75) is 63.8 Å². The minimum atomic E-state index is -0.672. The number of ketones is 1. The molecule has 11 nitrogen and oxygen atoms in total. The van der Waals surface area contributed by atoms with Crippen molar-refractivity contribution in [1.29, 1.82) is 0 Å². The monoisotopic (exact) mass is 537 g/mol. The van der Waals surface area contributed by atoms with Gasteiger partial charge in [-0.3, -0.25) is 14.5 Å². The number of benzene rings is 1. The molecule has 1 saturated carbocycles. The highest BCUT2D eigenvalue weighted by molar-refractivity contribution is 6.39. The van der Waals surface area contributed by atoms with Crippen LogP contribution in [0, 0.1) is 0 Å². The molecule has 1 atom stereocenters. The van der Waals surface area contributed by atoms with Crippen molar-refractivity contribution in [1.82, 2.24) is 25.5 Å². The molecule has 1 amide bonds. The molecule has 4 rings (SSSR count). The van der Waals surface area contributed by atoms with Gasteiger partial charge in [0.05, 0.1) is 12.6 Å². The van der Waals surface area contributed by atoms with Gasteiger partial charge in [-0.25, -0.2) is 9.97 Å². The summed E-state index contributed by atoms with van der Waals surface area (Å²) < 4.78 is 0. The lowest BCUT2D eigenvalue weighted by Crippen LogP contribution is -2.42. The highest BCUT2D eigenvalue weighted by Gasteiger charge is 2.23. The average Bonchev–Trinajstić information content (AvgIpc) is 2.95. The molecular weight excluding hydrogens is 498 g/mol. The fourth-order valence-corrected chi connectivity index (χ4v) is 5.14. The average molecular weight is 538 g/mol. The number of carbonyl (C=O) groups excluding carboxylic acids is 2. The van der Waals surface area contributed by atoms with E-state index in [1.807, 2.05) is 6.07 Å². The maximum Gasteiger partial charge on any atom is 0.270 e. The first-order valence-electron chi connectivity index (χ1n) is 13.6. The molecule has 1 aromatic heterocycles. The molecule has 2 heterocycles. The van der Waals surface area contributed by atoms with Gasteiger partial charge in [0.1, 0.15) is 30.7 Å². The minimum Gasteiger partial charge on any atom is -0.399 e. The first-order chi connectivity index (χ1) is 18.9. The molecule has 0 spiro atoms. The number of hydrogen-bond acceptors (Lipinski definition) is 10. The van der Waals surface area contributed by atoms with E-state index in [9.17, 15) is 14.7 Å². The van der Waals surface area contributed by atoms with Gasteiger partial charge in [-0.15, -0.1) is 0 Å². The largest absolute Gasteiger partial charge is 0.399 e. The van der Waals surface area contributed by atoms with E-state index < -0.39 is 6.10 Å². The number of β-amino-alcohol motifs (C(OH)–C–C–N with tert-alkyl or cyclic N) is 1. The van der Waals surface area contributed by atoms with E-state index in [2.05, 4.69) is 59.0 Å². The van der Waals surface area contributed by atoms with Crippen LogP contribution in [0.15, 0.2) is 41.8 Å². The summed E-state index contributed by atoms with van der Waals surface area (Å²) in [5.74, 6) is 0.183. The number of carbonyl (C=O) groups is 2. The predicted octanol–water partition coefficient (Wildman–Crippen LogP) is 1.53. The lowest BCUT2D eigenvalue weighted by atomic mass is 9.91. The van der Waals surface area contributed by atoms with Gasteiger partial charge in [0, 0.05) is 44.3 Å². The summed E-state index contributed by atoms with van der Waals surface area (Å²) in [6.45, 7) is 4.23. The van der Waals surface area contributed by atoms with Crippen LogP contribution in [0.3, 0.4) is 0 Å². The normalized spacial score (nSPS) is 20.5. The highest BCUT2D eigenvalue weighted by Crippen LogP contribution is 2.22. The third-order valence-electron chi connectivity index (χ3n) is 7.34. The summed E-state index contributed by atoms with van der Waals surface area (Å²) in [5, 5.41) is 23.7. The topological polar surface area (TPSA) is 141 Å². The molecule has 1 aliphatic carbocycles. The van der Waals surface area contributed by atoms with E-state index >= 15 is 0 Å². The minimum absolute atomic E-state index is 0.0753. The van der Waals surface area contributed by atoms with Crippen LogP contribution in [0.2, 0.25) is 0 Å². The number of amides is 1. The molecule has 1 aliphatic heterocycles. The van der Waals surface area contributed by atoms with E-state index in [0.717, 1.165) is 45.2 Å². The van der Waals surface area contributed by atoms with Crippen LogP contribution in [0.1, 0.15) is 54.2 Å². The Balaban J connectivity index is 1.17. The molecule has 11 heteroatoms. The summed E-state index contributed by atoms with van der Waals surface area (Å²) in [5.41, 5.74) is 3.27. The Bertz CT molecular complexity index is 1150. The Hall–Kier alpha value is -3.41. The van der Waals surface area contributed by atoms with Crippen molar-refractivity contribution in [2.75, 3.05) is 38.6 Å². The van der Waals surface area contributed by atoms with Crippen molar-refractivity contribution in [3.05, 3.63) is 53.5 Å². The zero-order valence-electron chi connectivity index (χ0n) is 22.7. The molecule has 0 bridgehead atoms. The van der Waals surface area contributed by atoms with E-state index in [4.69, 9.17) is 0 Å². The van der Waals surface area contributed by atoms with Crippen LogP contribution >= 0.6 is 0 Å². The SMILES string of the molecule is CO/N=C(/C)C(=O)CNC1CCC(Nc2cc(C(=O)NC[C@H](O)CN3CCc4ccccc4C3)ncn2)CC1. The van der Waals surface area contributed by atoms with Crippen LogP contribution in [0.5, 0.6) is 0 Å². The number of rotatable bonds is 12. The third-order valence-corrected chi connectivity index (χ3v) is 7.34. The van der Waals surface area contributed by atoms with Gasteiger partial charge >= 0.3 is 0 Å². The Morgan fingerprint density at radius 1 is 1.15 bits per heavy atom. The Morgan fingerprint density at radius 2 is 1.90 bits per heavy atom. The third kappa shape index (κ3) is 8.54. The van der Waals surface area contributed by atoms with Gasteiger partial charge in [-0.05, 0) is 50.2 Å². The first-order valence-corrected chi connectivity index (χ1v) is 13.6. The van der Waals surface area contributed by atoms with Crippen LogP contribution in [0.4, 0.5) is 5.82 Å². The van der Waals surface area contributed by atoms with Crippen molar-refractivity contribution in [2.24, 2.45) is 5.16 Å². The summed E-state index contributed by atoms with van der Waals surface area (Å²) in [6, 6.07) is 10.5. The number of anilines is 1. The molecule has 210 valence electrons. The van der Waals surface area contributed by atoms with Crippen LogP contribution in [-0.4, -0.2) is 88.9 Å². The van der Waals surface area contributed by atoms with Crippen molar-refractivity contribution >= 4 is 23.2 Å². The summed E-state index contributed by atoms with van der Waals surface area (Å²) in [7, 11) is 1.42. The number of nitrogens with zero attached hydrogens (tertiary/aromatic N) is 4. The fraction of sp³-hybridized carbons (Fsp3) is 0.536. The molecule has 0 radical (unpaired) electrons. The van der Waals surface area contributed by atoms with Gasteiger partial charge in [0.2, 0.25) is 0 Å². The first kappa shape index (κ1) is 28.6. The summed E-state index contributed by atoms with van der Waals surface area (Å²) in [6.07, 6.45) is 5.34. The molecule has 39 heavy (non-hydrogen) atoms. The maximum atomic E-state index is 12.7. The van der Waals surface area contributed by atoms with Crippen molar-refractivity contribution in [3.8, 4) is 0 Å². The van der Waals surface area contributed by atoms with Gasteiger partial charge in [-0.2, -0.15) is 0 Å². The number of Topliss-reactive ketones (excluding diaryl/α,β-unsaturated/α-hetero) is 1. The second kappa shape index (κ2) is 14.1. The number of fused-ring (bicyclic) bond motifs is 1. The molecule has 2 aliphatic rings. The molecule has 1 fully saturated rings. The van der Waals surface area contributed by atoms with Gasteiger partial charge in [0.15, 0.2) is 5.78 Å². The highest BCUT2D eigenvalue weighted by atomic mass is 16.6. The van der Waals surface area contributed by atoms with E-state index in [1.165, 1.54) is 24.6 Å². The molecular formula is C28H39N7O4. The number of nitrogens with one attached hydrogen (secondary N) is 3. The Kier molecular flexibility index (Phi) is 10.3. The van der Waals surface area contributed by atoms with Crippen molar-refractivity contribution < 1.29 is 19.5 Å². The second-order valence-electron chi connectivity index (χ2n) is 10.3. The van der Waals surface area contributed by atoms with Gasteiger partial charge < -0.3 is 25.9 Å². The number of hydrogen-bond donors (Lipinski definition) is 4. The molecule has 0 saturated heterocycles. The number of aliphatic hydroxyl groups excluding tert-OH is 1. The molecule has 1 aromatic carbocycles. The van der Waals surface area contributed by atoms with Crippen LogP contribution in [-0.2, 0) is 22.6 Å². The Morgan fingerprint density at radius 3 is 2.67 bits per heavy atom.